The van der Waals surface area contributed by atoms with Crippen LogP contribution in [0.25, 0.3) is 5.65 Å². The van der Waals surface area contributed by atoms with Crippen molar-refractivity contribution in [2.45, 2.75) is 51.1 Å². The Hall–Kier alpha value is -2.74. The number of benzene rings is 1. The van der Waals surface area contributed by atoms with Crippen LogP contribution in [0.15, 0.2) is 48.7 Å². The molecule has 0 saturated carbocycles. The quantitative estimate of drug-likeness (QED) is 0.568. The SMILES string of the molecule is CC1(C(=O)C[C@H](CCc2ccccc2)c2nnc3ccc(C(F)(F)F)cn23)CCNCC1. The molecule has 1 aromatic carbocycles. The second-order valence-electron chi connectivity index (χ2n) is 8.86. The largest absolute Gasteiger partial charge is 0.417 e. The molecule has 2 aromatic heterocycles. The van der Waals surface area contributed by atoms with E-state index < -0.39 is 17.2 Å². The van der Waals surface area contributed by atoms with Crippen molar-refractivity contribution in [1.82, 2.24) is 19.9 Å². The number of hydrogen-bond donors (Lipinski definition) is 1. The third-order valence-electron chi connectivity index (χ3n) is 6.56. The van der Waals surface area contributed by atoms with E-state index in [0.717, 1.165) is 43.8 Å². The molecule has 170 valence electrons. The molecule has 1 saturated heterocycles. The van der Waals surface area contributed by atoms with Gasteiger partial charge in [0.15, 0.2) is 5.65 Å². The minimum atomic E-state index is -4.46. The third-order valence-corrected chi connectivity index (χ3v) is 6.56. The molecule has 0 bridgehead atoms. The molecule has 1 aliphatic heterocycles. The lowest BCUT2D eigenvalue weighted by Gasteiger charge is -2.33. The standard InChI is InChI=1S/C24H27F3N4O/c1-23(11-13-28-14-12-23)20(32)15-18(8-7-17-5-3-2-4-6-17)22-30-29-21-10-9-19(16-31(21)22)24(25,26)27/h2-6,9-10,16,18,28H,7-8,11-15H2,1H3/t18-/m0/s1. The lowest BCUT2D eigenvalue weighted by molar-refractivity contribution is -0.138. The molecule has 3 aromatic rings. The molecule has 1 fully saturated rings. The van der Waals surface area contributed by atoms with Gasteiger partial charge < -0.3 is 5.32 Å². The number of fused-ring (bicyclic) bond motifs is 1. The number of piperidine rings is 1. The van der Waals surface area contributed by atoms with Gasteiger partial charge in [0.05, 0.1) is 5.56 Å². The summed E-state index contributed by atoms with van der Waals surface area (Å²) < 4.78 is 41.3. The molecule has 32 heavy (non-hydrogen) atoms. The van der Waals surface area contributed by atoms with Crippen molar-refractivity contribution in [3.63, 3.8) is 0 Å². The average Bonchev–Trinajstić information content (AvgIpc) is 3.20. The fourth-order valence-electron chi connectivity index (χ4n) is 4.39. The van der Waals surface area contributed by atoms with Crippen molar-refractivity contribution >= 4 is 11.4 Å². The zero-order valence-corrected chi connectivity index (χ0v) is 18.0. The van der Waals surface area contributed by atoms with E-state index in [1.807, 2.05) is 37.3 Å². The van der Waals surface area contributed by atoms with Crippen LogP contribution in [-0.4, -0.2) is 33.5 Å². The Morgan fingerprint density at radius 2 is 1.84 bits per heavy atom. The van der Waals surface area contributed by atoms with Crippen molar-refractivity contribution in [2.24, 2.45) is 5.41 Å². The Bertz CT molecular complexity index is 1070. The summed E-state index contributed by atoms with van der Waals surface area (Å²) in [6.45, 7) is 3.58. The first kappa shape index (κ1) is 22.5. The van der Waals surface area contributed by atoms with E-state index in [-0.39, 0.29) is 18.1 Å². The summed E-state index contributed by atoms with van der Waals surface area (Å²) in [6.07, 6.45) is -0.372. The van der Waals surface area contributed by atoms with Crippen LogP contribution in [0.5, 0.6) is 0 Å². The first-order chi connectivity index (χ1) is 15.3. The highest BCUT2D eigenvalue weighted by molar-refractivity contribution is 5.85. The number of aryl methyl sites for hydroxylation is 1. The molecule has 0 radical (unpaired) electrons. The van der Waals surface area contributed by atoms with Gasteiger partial charge in [-0.3, -0.25) is 9.20 Å². The van der Waals surface area contributed by atoms with E-state index in [4.69, 9.17) is 0 Å². The Balaban J connectivity index is 1.66. The summed E-state index contributed by atoms with van der Waals surface area (Å²) in [5.74, 6) is 0.224. The first-order valence-electron chi connectivity index (χ1n) is 11.0. The summed E-state index contributed by atoms with van der Waals surface area (Å²) in [5.41, 5.74) is 0.277. The number of carbonyl (C=O) groups is 1. The van der Waals surface area contributed by atoms with Crippen LogP contribution >= 0.6 is 0 Å². The molecule has 0 aliphatic carbocycles. The molecule has 0 spiro atoms. The molecule has 1 atom stereocenters. The van der Waals surface area contributed by atoms with Crippen LogP contribution in [0.3, 0.4) is 0 Å². The van der Waals surface area contributed by atoms with Crippen LogP contribution in [0.4, 0.5) is 13.2 Å². The predicted octanol–water partition coefficient (Wildman–Crippen LogP) is 4.81. The normalized spacial score (nSPS) is 17.4. The number of nitrogens with zero attached hydrogens (tertiary/aromatic N) is 3. The molecule has 0 unspecified atom stereocenters. The van der Waals surface area contributed by atoms with E-state index in [1.165, 1.54) is 10.5 Å². The number of alkyl halides is 3. The lowest BCUT2D eigenvalue weighted by Crippen LogP contribution is -2.40. The van der Waals surface area contributed by atoms with Gasteiger partial charge in [-0.2, -0.15) is 13.2 Å². The summed E-state index contributed by atoms with van der Waals surface area (Å²) >= 11 is 0. The maximum atomic E-state index is 13.3. The number of nitrogens with one attached hydrogen (secondary N) is 1. The summed E-state index contributed by atoms with van der Waals surface area (Å²) in [5, 5.41) is 11.6. The van der Waals surface area contributed by atoms with Crippen molar-refractivity contribution in [2.75, 3.05) is 13.1 Å². The van der Waals surface area contributed by atoms with Crippen molar-refractivity contribution in [3.05, 3.63) is 65.6 Å². The zero-order chi connectivity index (χ0) is 22.8. The Labute approximate surface area is 185 Å². The number of Topliss-reactive ketones (excluding diaryl/α,β-unsaturated/α-hetero) is 1. The maximum absolute atomic E-state index is 13.3. The molecule has 3 heterocycles. The Kier molecular flexibility index (Phi) is 6.33. The Morgan fingerprint density at radius 1 is 1.12 bits per heavy atom. The Morgan fingerprint density at radius 3 is 2.53 bits per heavy atom. The van der Waals surface area contributed by atoms with Crippen molar-refractivity contribution in [1.29, 1.82) is 0 Å². The van der Waals surface area contributed by atoms with Gasteiger partial charge >= 0.3 is 6.18 Å². The second kappa shape index (κ2) is 9.02. The molecular formula is C24H27F3N4O. The van der Waals surface area contributed by atoms with E-state index in [1.54, 1.807) is 0 Å². The fraction of sp³-hybridized carbons (Fsp3) is 0.458. The number of hydrogen-bond acceptors (Lipinski definition) is 4. The highest BCUT2D eigenvalue weighted by Crippen LogP contribution is 2.36. The van der Waals surface area contributed by atoms with Gasteiger partial charge in [0.1, 0.15) is 11.6 Å². The zero-order valence-electron chi connectivity index (χ0n) is 18.0. The second-order valence-corrected chi connectivity index (χ2v) is 8.86. The van der Waals surface area contributed by atoms with E-state index >= 15 is 0 Å². The van der Waals surface area contributed by atoms with Crippen molar-refractivity contribution in [3.8, 4) is 0 Å². The van der Waals surface area contributed by atoms with E-state index in [2.05, 4.69) is 15.5 Å². The monoisotopic (exact) mass is 444 g/mol. The highest BCUT2D eigenvalue weighted by Gasteiger charge is 2.37. The predicted molar refractivity (Wildman–Crippen MR) is 115 cm³/mol. The molecule has 0 amide bonds. The van der Waals surface area contributed by atoms with Gasteiger partial charge in [0.2, 0.25) is 0 Å². The molecular weight excluding hydrogens is 417 g/mol. The number of carbonyl (C=O) groups excluding carboxylic acids is 1. The molecule has 1 aliphatic rings. The molecule has 8 heteroatoms. The van der Waals surface area contributed by atoms with Gasteiger partial charge in [0, 0.05) is 24.0 Å². The minimum Gasteiger partial charge on any atom is -0.317 e. The maximum Gasteiger partial charge on any atom is 0.417 e. The van der Waals surface area contributed by atoms with Gasteiger partial charge in [-0.25, -0.2) is 0 Å². The minimum absolute atomic E-state index is 0.140. The molecule has 1 N–H and O–H groups in total. The summed E-state index contributed by atoms with van der Waals surface area (Å²) in [7, 11) is 0. The summed E-state index contributed by atoms with van der Waals surface area (Å²) in [4.78, 5) is 13.3. The molecule has 5 nitrogen and oxygen atoms in total. The van der Waals surface area contributed by atoms with Crippen LogP contribution in [0.1, 0.15) is 55.5 Å². The van der Waals surface area contributed by atoms with E-state index in [0.29, 0.717) is 24.3 Å². The van der Waals surface area contributed by atoms with Gasteiger partial charge in [-0.05, 0) is 56.5 Å². The van der Waals surface area contributed by atoms with Gasteiger partial charge in [0.25, 0.3) is 0 Å². The fourth-order valence-corrected chi connectivity index (χ4v) is 4.39. The van der Waals surface area contributed by atoms with Crippen LogP contribution in [0.2, 0.25) is 0 Å². The molecule has 4 rings (SSSR count). The summed E-state index contributed by atoms with van der Waals surface area (Å²) in [6, 6.07) is 12.2. The third kappa shape index (κ3) is 4.85. The topological polar surface area (TPSA) is 59.3 Å². The van der Waals surface area contributed by atoms with Crippen LogP contribution in [-0.2, 0) is 17.4 Å². The van der Waals surface area contributed by atoms with Crippen LogP contribution in [0, 0.1) is 5.41 Å². The van der Waals surface area contributed by atoms with Crippen LogP contribution < -0.4 is 5.32 Å². The van der Waals surface area contributed by atoms with Crippen molar-refractivity contribution < 1.29 is 18.0 Å². The number of ketones is 1. The highest BCUT2D eigenvalue weighted by atomic mass is 19.4. The van der Waals surface area contributed by atoms with Gasteiger partial charge in [-0.15, -0.1) is 10.2 Å². The number of rotatable bonds is 7. The van der Waals surface area contributed by atoms with Gasteiger partial charge in [-0.1, -0.05) is 37.3 Å². The number of pyridine rings is 1. The average molecular weight is 445 g/mol. The lowest BCUT2D eigenvalue weighted by atomic mass is 9.74. The first-order valence-corrected chi connectivity index (χ1v) is 11.0. The smallest absolute Gasteiger partial charge is 0.317 e. The number of aromatic nitrogens is 3. The number of halogens is 3. The van der Waals surface area contributed by atoms with E-state index in [9.17, 15) is 18.0 Å².